The number of carbonyl (C=O) groups excluding carboxylic acids is 2. The van der Waals surface area contributed by atoms with E-state index < -0.39 is 11.9 Å². The first-order valence-corrected chi connectivity index (χ1v) is 8.85. The van der Waals surface area contributed by atoms with Gasteiger partial charge in [-0.2, -0.15) is 0 Å². The molecule has 0 bridgehead atoms. The van der Waals surface area contributed by atoms with Crippen LogP contribution in [-0.4, -0.2) is 11.8 Å². The summed E-state index contributed by atoms with van der Waals surface area (Å²) in [6.07, 6.45) is 1.40. The Hall–Kier alpha value is -1.24. The van der Waals surface area contributed by atoms with Gasteiger partial charge in [-0.1, -0.05) is 28.1 Å². The molecule has 1 aliphatic heterocycles. The third-order valence-electron chi connectivity index (χ3n) is 3.29. The van der Waals surface area contributed by atoms with Crippen molar-refractivity contribution < 1.29 is 14.3 Å². The number of benzene rings is 1. The zero-order valence-corrected chi connectivity index (χ0v) is 15.4. The second kappa shape index (κ2) is 6.10. The Labute approximate surface area is 148 Å². The van der Waals surface area contributed by atoms with Gasteiger partial charge in [0.25, 0.3) is 0 Å². The first-order valence-electron chi connectivity index (χ1n) is 6.44. The second-order valence-corrected chi connectivity index (χ2v) is 8.21. The predicted molar refractivity (Wildman–Crippen MR) is 92.7 cm³/mol. The number of ketones is 1. The van der Waals surface area contributed by atoms with Crippen LogP contribution >= 0.6 is 43.2 Å². The van der Waals surface area contributed by atoms with Gasteiger partial charge in [-0.15, -0.1) is 11.3 Å². The summed E-state index contributed by atoms with van der Waals surface area (Å²) in [5.41, 5.74) is 1.68. The number of esters is 1. The summed E-state index contributed by atoms with van der Waals surface area (Å²) in [7, 11) is 0. The van der Waals surface area contributed by atoms with Crippen molar-refractivity contribution in [3.63, 3.8) is 0 Å². The summed E-state index contributed by atoms with van der Waals surface area (Å²) in [6, 6.07) is 9.19. The molecule has 22 heavy (non-hydrogen) atoms. The van der Waals surface area contributed by atoms with Crippen molar-refractivity contribution >= 4 is 60.7 Å². The van der Waals surface area contributed by atoms with Crippen LogP contribution in [0.5, 0.6) is 0 Å². The quantitative estimate of drug-likeness (QED) is 0.495. The Morgan fingerprint density at radius 1 is 1.14 bits per heavy atom. The maximum atomic E-state index is 12.4. The molecule has 0 saturated heterocycles. The molecule has 0 N–H and O–H groups in total. The van der Waals surface area contributed by atoms with Gasteiger partial charge in [0.15, 0.2) is 11.5 Å². The van der Waals surface area contributed by atoms with E-state index >= 15 is 0 Å². The fraction of sp³-hybridized carbons (Fsp3) is 0.125. The molecule has 0 spiro atoms. The van der Waals surface area contributed by atoms with Crippen LogP contribution in [0.15, 0.2) is 44.7 Å². The van der Waals surface area contributed by atoms with Crippen molar-refractivity contribution in [1.29, 1.82) is 0 Å². The summed E-state index contributed by atoms with van der Waals surface area (Å²) < 4.78 is 7.03. The molecule has 1 unspecified atom stereocenters. The zero-order chi connectivity index (χ0) is 15.9. The van der Waals surface area contributed by atoms with E-state index in [0.717, 1.165) is 18.7 Å². The van der Waals surface area contributed by atoms with Gasteiger partial charge in [0.2, 0.25) is 0 Å². The number of hydrogen-bond donors (Lipinski definition) is 0. The molecular formula is C16H10Br2O3S. The highest BCUT2D eigenvalue weighted by molar-refractivity contribution is 9.11. The molecule has 0 radical (unpaired) electrons. The molecule has 0 fully saturated rings. The van der Waals surface area contributed by atoms with Gasteiger partial charge < -0.3 is 4.74 Å². The molecule has 2 heterocycles. The number of ether oxygens (including phenoxy) is 1. The van der Waals surface area contributed by atoms with Crippen molar-refractivity contribution in [2.75, 3.05) is 0 Å². The minimum absolute atomic E-state index is 0.264. The van der Waals surface area contributed by atoms with Crippen LogP contribution in [-0.2, 0) is 14.3 Å². The number of aryl methyl sites for hydroxylation is 1. The summed E-state index contributed by atoms with van der Waals surface area (Å²) in [5, 5.41) is 0. The summed E-state index contributed by atoms with van der Waals surface area (Å²) in [6.45, 7) is 1.95. The van der Waals surface area contributed by atoms with Crippen molar-refractivity contribution in [2.24, 2.45) is 0 Å². The number of thiophene rings is 1. The highest BCUT2D eigenvalue weighted by Gasteiger charge is 2.35. The first kappa shape index (κ1) is 15.6. The predicted octanol–water partition coefficient (Wildman–Crippen LogP) is 4.83. The zero-order valence-electron chi connectivity index (χ0n) is 11.4. The van der Waals surface area contributed by atoms with E-state index in [-0.39, 0.29) is 5.78 Å². The van der Waals surface area contributed by atoms with E-state index in [0.29, 0.717) is 11.3 Å². The SMILES string of the molecule is Cc1ccc(C2C(=O)C=C(c3ccc(Br)s3)OC2=O)c(Br)c1. The normalized spacial score (nSPS) is 18.1. The van der Waals surface area contributed by atoms with Gasteiger partial charge in [-0.05, 0) is 52.2 Å². The second-order valence-electron chi connectivity index (χ2n) is 4.89. The molecule has 1 aromatic heterocycles. The lowest BCUT2D eigenvalue weighted by atomic mass is 9.92. The fourth-order valence-corrected chi connectivity index (χ4v) is 4.30. The lowest BCUT2D eigenvalue weighted by Gasteiger charge is -2.20. The number of cyclic esters (lactones) is 1. The number of allylic oxidation sites excluding steroid dienone is 1. The van der Waals surface area contributed by atoms with Crippen LogP contribution in [0.4, 0.5) is 0 Å². The average Bonchev–Trinajstić information content (AvgIpc) is 2.87. The van der Waals surface area contributed by atoms with Gasteiger partial charge in [0, 0.05) is 10.5 Å². The Kier molecular flexibility index (Phi) is 4.34. The van der Waals surface area contributed by atoms with Gasteiger partial charge in [0.1, 0.15) is 5.92 Å². The third kappa shape index (κ3) is 2.95. The minimum Gasteiger partial charge on any atom is -0.424 e. The molecule has 3 nitrogen and oxygen atoms in total. The van der Waals surface area contributed by atoms with Crippen molar-refractivity contribution in [1.82, 2.24) is 0 Å². The fourth-order valence-electron chi connectivity index (χ4n) is 2.24. The maximum Gasteiger partial charge on any atom is 0.326 e. The topological polar surface area (TPSA) is 43.4 Å². The van der Waals surface area contributed by atoms with Crippen molar-refractivity contribution in [2.45, 2.75) is 12.8 Å². The van der Waals surface area contributed by atoms with E-state index in [1.807, 2.05) is 31.2 Å². The van der Waals surface area contributed by atoms with Gasteiger partial charge in [-0.25, -0.2) is 0 Å². The lowest BCUT2D eigenvalue weighted by molar-refractivity contribution is -0.142. The van der Waals surface area contributed by atoms with Gasteiger partial charge >= 0.3 is 5.97 Å². The molecule has 3 rings (SSSR count). The van der Waals surface area contributed by atoms with Crippen LogP contribution in [0.3, 0.4) is 0 Å². The number of halogens is 2. The molecule has 0 saturated carbocycles. The van der Waals surface area contributed by atoms with Crippen LogP contribution in [0, 0.1) is 6.92 Å². The molecule has 0 aliphatic carbocycles. The first-order chi connectivity index (χ1) is 10.5. The minimum atomic E-state index is -0.915. The molecule has 1 aromatic carbocycles. The molecule has 0 amide bonds. The smallest absolute Gasteiger partial charge is 0.326 e. The van der Waals surface area contributed by atoms with Crippen LogP contribution < -0.4 is 0 Å². The summed E-state index contributed by atoms with van der Waals surface area (Å²) in [4.78, 5) is 25.5. The number of hydrogen-bond acceptors (Lipinski definition) is 4. The van der Waals surface area contributed by atoms with E-state index in [1.54, 1.807) is 6.07 Å². The van der Waals surface area contributed by atoms with E-state index in [4.69, 9.17) is 4.74 Å². The van der Waals surface area contributed by atoms with Gasteiger partial charge in [0.05, 0.1) is 8.66 Å². The van der Waals surface area contributed by atoms with E-state index in [2.05, 4.69) is 31.9 Å². The number of carbonyl (C=O) groups is 2. The van der Waals surface area contributed by atoms with E-state index in [9.17, 15) is 9.59 Å². The highest BCUT2D eigenvalue weighted by atomic mass is 79.9. The largest absolute Gasteiger partial charge is 0.424 e. The van der Waals surface area contributed by atoms with Crippen LogP contribution in [0.25, 0.3) is 5.76 Å². The molecule has 2 aromatic rings. The Bertz CT molecular complexity index is 807. The monoisotopic (exact) mass is 440 g/mol. The summed E-state index contributed by atoms with van der Waals surface area (Å²) >= 11 is 8.18. The Morgan fingerprint density at radius 2 is 1.91 bits per heavy atom. The summed E-state index contributed by atoms with van der Waals surface area (Å²) in [5.74, 6) is -1.41. The van der Waals surface area contributed by atoms with Crippen LogP contribution in [0.1, 0.15) is 21.9 Å². The average molecular weight is 442 g/mol. The standard InChI is InChI=1S/C16H10Br2O3S/c1-8-2-3-9(10(17)6-8)15-11(19)7-12(21-16(15)20)13-4-5-14(18)22-13/h2-7,15H,1H3. The molecule has 1 aliphatic rings. The van der Waals surface area contributed by atoms with Gasteiger partial charge in [-0.3, -0.25) is 9.59 Å². The third-order valence-corrected chi connectivity index (χ3v) is 5.61. The Balaban J connectivity index is 1.98. The van der Waals surface area contributed by atoms with Crippen molar-refractivity contribution in [3.05, 3.63) is 60.7 Å². The highest BCUT2D eigenvalue weighted by Crippen LogP contribution is 2.36. The Morgan fingerprint density at radius 3 is 2.50 bits per heavy atom. The number of rotatable bonds is 2. The van der Waals surface area contributed by atoms with E-state index in [1.165, 1.54) is 17.4 Å². The molecule has 112 valence electrons. The molecule has 1 atom stereocenters. The lowest BCUT2D eigenvalue weighted by Crippen LogP contribution is -2.27. The molecular weight excluding hydrogens is 432 g/mol. The van der Waals surface area contributed by atoms with Crippen molar-refractivity contribution in [3.8, 4) is 0 Å². The molecule has 6 heteroatoms. The van der Waals surface area contributed by atoms with Crippen LogP contribution in [0.2, 0.25) is 0 Å². The maximum absolute atomic E-state index is 12.4.